The molecule has 1 amide bonds. The highest BCUT2D eigenvalue weighted by molar-refractivity contribution is 7.92. The van der Waals surface area contributed by atoms with Crippen LogP contribution in [0.4, 0.5) is 0 Å². The van der Waals surface area contributed by atoms with Crippen molar-refractivity contribution in [3.63, 3.8) is 0 Å². The Balaban J connectivity index is 2.09. The van der Waals surface area contributed by atoms with Crippen LogP contribution >= 0.6 is 0 Å². The molecule has 28 heavy (non-hydrogen) atoms. The lowest BCUT2D eigenvalue weighted by Gasteiger charge is -2.06. The highest BCUT2D eigenvalue weighted by Crippen LogP contribution is 2.21. The van der Waals surface area contributed by atoms with Gasteiger partial charge in [-0.25, -0.2) is 26.3 Å². The number of amides is 1. The summed E-state index contributed by atoms with van der Waals surface area (Å²) in [6, 6.07) is 7.95. The number of nitrogens with one attached hydrogen (secondary N) is 3. The molecule has 0 spiro atoms. The number of sulfonamides is 2. The lowest BCUT2D eigenvalue weighted by molar-refractivity contribution is -0.121. The van der Waals surface area contributed by atoms with Gasteiger partial charge in [-0.15, -0.1) is 0 Å². The molecule has 1 aromatic carbocycles. The molecule has 0 saturated carbocycles. The summed E-state index contributed by atoms with van der Waals surface area (Å²) in [6.45, 7) is 2.19. The Hall–Kier alpha value is -2.21. The summed E-state index contributed by atoms with van der Waals surface area (Å²) >= 11 is 0. The van der Waals surface area contributed by atoms with E-state index in [2.05, 4.69) is 14.8 Å². The van der Waals surface area contributed by atoms with Gasteiger partial charge in [-0.2, -0.15) is 0 Å². The molecule has 0 unspecified atom stereocenters. The monoisotopic (exact) mass is 428 g/mol. The first-order chi connectivity index (χ1) is 13.1. The normalized spacial score (nSPS) is 12.1. The number of benzene rings is 1. The molecule has 0 bridgehead atoms. The van der Waals surface area contributed by atoms with Crippen LogP contribution < -0.4 is 14.8 Å². The zero-order chi connectivity index (χ0) is 20.9. The molecule has 0 aliphatic carbocycles. The Morgan fingerprint density at radius 2 is 1.43 bits per heavy atom. The quantitative estimate of drug-likeness (QED) is 0.517. The van der Waals surface area contributed by atoms with Gasteiger partial charge in [0.2, 0.25) is 26.0 Å². The van der Waals surface area contributed by atoms with Crippen molar-refractivity contribution in [3.8, 4) is 0 Å². The molecule has 1 heterocycles. The Bertz CT molecular complexity index is 990. The molecule has 0 radical (unpaired) electrons. The molecule has 9 nitrogen and oxygen atoms in total. The summed E-state index contributed by atoms with van der Waals surface area (Å²) in [6.07, 6.45) is 2.89. The van der Waals surface area contributed by atoms with Crippen LogP contribution in [0.15, 0.2) is 46.5 Å². The van der Waals surface area contributed by atoms with Crippen LogP contribution in [0.5, 0.6) is 0 Å². The second-order valence-electron chi connectivity index (χ2n) is 6.16. The van der Waals surface area contributed by atoms with Crippen LogP contribution in [0.25, 0.3) is 0 Å². The minimum Gasteiger partial charge on any atom is -0.354 e. The molecular weight excluding hydrogens is 404 g/mol. The van der Waals surface area contributed by atoms with Gasteiger partial charge in [-0.3, -0.25) is 4.79 Å². The first-order valence-electron chi connectivity index (χ1n) is 8.48. The summed E-state index contributed by atoms with van der Waals surface area (Å²) < 4.78 is 53.9. The van der Waals surface area contributed by atoms with Gasteiger partial charge in [0.05, 0.1) is 0 Å². The molecule has 154 valence electrons. The van der Waals surface area contributed by atoms with Crippen molar-refractivity contribution in [1.29, 1.82) is 0 Å². The minimum absolute atomic E-state index is 0.209. The molecule has 2 rings (SSSR count). The summed E-state index contributed by atoms with van der Waals surface area (Å²) in [5.41, 5.74) is 2.23. The van der Waals surface area contributed by atoms with E-state index in [1.54, 1.807) is 0 Å². The second-order valence-corrected chi connectivity index (χ2v) is 9.87. The maximum Gasteiger partial charge on any atom is 0.243 e. The topological polar surface area (TPSA) is 126 Å². The number of hydrogen-bond donors (Lipinski definition) is 3. The number of aryl methyl sites for hydroxylation is 1. The second kappa shape index (κ2) is 8.86. The van der Waals surface area contributed by atoms with E-state index in [0.29, 0.717) is 13.0 Å². The molecule has 0 fully saturated rings. The van der Waals surface area contributed by atoms with Crippen LogP contribution in [0.1, 0.15) is 11.1 Å². The predicted octanol–water partition coefficient (Wildman–Crippen LogP) is -0.0284. The zero-order valence-electron chi connectivity index (χ0n) is 15.9. The number of carbonyl (C=O) groups excluding carboxylic acids is 1. The molecule has 1 aromatic heterocycles. The molecule has 0 saturated heterocycles. The average Bonchev–Trinajstić information content (AvgIpc) is 3.09. The minimum atomic E-state index is -4.02. The van der Waals surface area contributed by atoms with Crippen molar-refractivity contribution in [2.75, 3.05) is 20.6 Å². The molecule has 0 aliphatic heterocycles. The number of carbonyl (C=O) groups is 1. The standard InChI is InChI=1S/C17H24N4O5S2/c1-13-4-6-14(7-5-13)8-9-20-17(22)12-21-10-15(27(23,24)18-2)16(11-21)28(25,26)19-3/h4-7,10-11,18-19H,8-9,12H2,1-3H3,(H,20,22). The molecule has 3 N–H and O–H groups in total. The third kappa shape index (κ3) is 5.41. The third-order valence-corrected chi connectivity index (χ3v) is 7.12. The number of nitrogens with zero attached hydrogens (tertiary/aromatic N) is 1. The molecule has 0 atom stereocenters. The fraction of sp³-hybridized carbons (Fsp3) is 0.353. The number of rotatable bonds is 9. The van der Waals surface area contributed by atoms with Gasteiger partial charge in [-0.05, 0) is 33.0 Å². The van der Waals surface area contributed by atoms with Gasteiger partial charge in [0, 0.05) is 18.9 Å². The van der Waals surface area contributed by atoms with Crippen molar-refractivity contribution in [3.05, 3.63) is 47.8 Å². The Morgan fingerprint density at radius 3 is 1.89 bits per heavy atom. The van der Waals surface area contributed by atoms with Crippen molar-refractivity contribution in [1.82, 2.24) is 19.3 Å². The highest BCUT2D eigenvalue weighted by Gasteiger charge is 2.27. The van der Waals surface area contributed by atoms with Gasteiger partial charge in [-0.1, -0.05) is 29.8 Å². The first kappa shape index (κ1) is 22.1. The zero-order valence-corrected chi connectivity index (χ0v) is 17.5. The summed E-state index contributed by atoms with van der Waals surface area (Å²) in [4.78, 5) is 11.3. The fourth-order valence-corrected chi connectivity index (χ4v) is 4.78. The lowest BCUT2D eigenvalue weighted by Crippen LogP contribution is -2.29. The Morgan fingerprint density at radius 1 is 0.929 bits per heavy atom. The van der Waals surface area contributed by atoms with Crippen LogP contribution in [0.3, 0.4) is 0 Å². The molecule has 2 aromatic rings. The molecule has 0 aliphatic rings. The average molecular weight is 429 g/mol. The van der Waals surface area contributed by atoms with E-state index in [9.17, 15) is 21.6 Å². The van der Waals surface area contributed by atoms with Crippen molar-refractivity contribution >= 4 is 26.0 Å². The van der Waals surface area contributed by atoms with E-state index >= 15 is 0 Å². The van der Waals surface area contributed by atoms with Gasteiger partial charge in [0.25, 0.3) is 0 Å². The highest BCUT2D eigenvalue weighted by atomic mass is 32.2. The Labute approximate surface area is 165 Å². The van der Waals surface area contributed by atoms with E-state index in [1.807, 2.05) is 31.2 Å². The largest absolute Gasteiger partial charge is 0.354 e. The van der Waals surface area contributed by atoms with Gasteiger partial charge < -0.3 is 9.88 Å². The number of aromatic nitrogens is 1. The number of hydrogen-bond acceptors (Lipinski definition) is 5. The van der Waals surface area contributed by atoms with E-state index in [0.717, 1.165) is 23.5 Å². The maximum absolute atomic E-state index is 12.2. The van der Waals surface area contributed by atoms with Crippen molar-refractivity contribution in [2.24, 2.45) is 0 Å². The molecular formula is C17H24N4O5S2. The van der Waals surface area contributed by atoms with Gasteiger partial charge >= 0.3 is 0 Å². The Kier molecular flexibility index (Phi) is 6.99. The van der Waals surface area contributed by atoms with E-state index in [4.69, 9.17) is 0 Å². The van der Waals surface area contributed by atoms with Crippen LogP contribution in [-0.4, -0.2) is 47.9 Å². The van der Waals surface area contributed by atoms with Crippen LogP contribution in [-0.2, 0) is 37.8 Å². The summed E-state index contributed by atoms with van der Waals surface area (Å²) in [7, 11) is -5.67. The first-order valence-corrected chi connectivity index (χ1v) is 11.4. The van der Waals surface area contributed by atoms with E-state index in [-0.39, 0.29) is 12.5 Å². The molecule has 11 heteroatoms. The SMILES string of the molecule is CNS(=O)(=O)c1cn(CC(=O)NCCc2ccc(C)cc2)cc1S(=O)(=O)NC. The summed E-state index contributed by atoms with van der Waals surface area (Å²) in [5, 5.41) is 2.74. The van der Waals surface area contributed by atoms with Crippen LogP contribution in [0, 0.1) is 6.92 Å². The van der Waals surface area contributed by atoms with Crippen LogP contribution in [0.2, 0.25) is 0 Å². The predicted molar refractivity (Wildman–Crippen MR) is 105 cm³/mol. The van der Waals surface area contributed by atoms with E-state index < -0.39 is 29.8 Å². The van der Waals surface area contributed by atoms with Gasteiger partial charge in [0.1, 0.15) is 16.3 Å². The summed E-state index contributed by atoms with van der Waals surface area (Å²) in [5.74, 6) is -0.357. The van der Waals surface area contributed by atoms with Gasteiger partial charge in [0.15, 0.2) is 0 Å². The maximum atomic E-state index is 12.2. The lowest BCUT2D eigenvalue weighted by atomic mass is 10.1. The smallest absolute Gasteiger partial charge is 0.243 e. The van der Waals surface area contributed by atoms with E-state index in [1.165, 1.54) is 18.7 Å². The fourth-order valence-electron chi connectivity index (χ4n) is 2.50. The third-order valence-electron chi connectivity index (χ3n) is 4.11. The van der Waals surface area contributed by atoms with Crippen molar-refractivity contribution < 1.29 is 21.6 Å². The van der Waals surface area contributed by atoms with Crippen molar-refractivity contribution in [2.45, 2.75) is 29.7 Å².